The number of ether oxygens (including phenoxy) is 1. The fraction of sp³-hybridized carbons (Fsp3) is 1.00. The van der Waals surface area contributed by atoms with Crippen molar-refractivity contribution in [1.82, 2.24) is 4.31 Å². The minimum Gasteiger partial charge on any atom is -0.396 e. The second kappa shape index (κ2) is 4.90. The second-order valence-corrected chi connectivity index (χ2v) is 4.99. The molecule has 0 atom stereocenters. The summed E-state index contributed by atoms with van der Waals surface area (Å²) >= 11 is 0. The van der Waals surface area contributed by atoms with Gasteiger partial charge in [-0.25, -0.2) is 8.42 Å². The van der Waals surface area contributed by atoms with Crippen LogP contribution in [0.4, 0.5) is 0 Å². The van der Waals surface area contributed by atoms with Crippen LogP contribution >= 0.6 is 0 Å². The lowest BCUT2D eigenvalue weighted by atomic mass is 10.5. The largest absolute Gasteiger partial charge is 0.396 e. The quantitative estimate of drug-likeness (QED) is 0.647. The van der Waals surface area contributed by atoms with Crippen molar-refractivity contribution in [2.45, 2.75) is 6.42 Å². The van der Waals surface area contributed by atoms with Crippen molar-refractivity contribution >= 4 is 10.0 Å². The topological polar surface area (TPSA) is 66.8 Å². The third-order valence-corrected chi connectivity index (χ3v) is 3.88. The lowest BCUT2D eigenvalue weighted by Crippen LogP contribution is -2.41. The Hall–Kier alpha value is -0.170. The van der Waals surface area contributed by atoms with Crippen LogP contribution in [-0.4, -0.2) is 56.5 Å². The van der Waals surface area contributed by atoms with E-state index in [1.807, 2.05) is 0 Å². The molecule has 0 radical (unpaired) electrons. The Labute approximate surface area is 78.4 Å². The standard InChI is InChI=1S/C7H15NO4S/c9-4-1-7-13(10,11)8-2-5-12-6-3-8/h9H,1-7H2. The first kappa shape index (κ1) is 10.9. The van der Waals surface area contributed by atoms with Gasteiger partial charge in [-0.3, -0.25) is 0 Å². The molecule has 1 aliphatic rings. The molecule has 5 nitrogen and oxygen atoms in total. The van der Waals surface area contributed by atoms with E-state index in [2.05, 4.69) is 0 Å². The Bertz CT molecular complexity index is 233. The molecule has 0 aromatic carbocycles. The average molecular weight is 209 g/mol. The highest BCUT2D eigenvalue weighted by molar-refractivity contribution is 7.89. The summed E-state index contributed by atoms with van der Waals surface area (Å²) in [6.45, 7) is 1.74. The van der Waals surface area contributed by atoms with Gasteiger partial charge >= 0.3 is 0 Å². The number of aliphatic hydroxyl groups excluding tert-OH is 1. The molecule has 13 heavy (non-hydrogen) atoms. The molecule has 78 valence electrons. The van der Waals surface area contributed by atoms with E-state index in [9.17, 15) is 8.42 Å². The lowest BCUT2D eigenvalue weighted by Gasteiger charge is -2.25. The average Bonchev–Trinajstić information content (AvgIpc) is 2.16. The van der Waals surface area contributed by atoms with Crippen molar-refractivity contribution in [3.8, 4) is 0 Å². The maximum atomic E-state index is 11.5. The summed E-state index contributed by atoms with van der Waals surface area (Å²) in [5, 5.41) is 8.52. The molecule has 0 aliphatic carbocycles. The van der Waals surface area contributed by atoms with Crippen LogP contribution in [0.1, 0.15) is 6.42 Å². The molecule has 0 aromatic heterocycles. The summed E-state index contributed by atoms with van der Waals surface area (Å²) in [6, 6.07) is 0. The molecule has 0 aromatic rings. The first-order chi connectivity index (χ1) is 6.17. The zero-order valence-electron chi connectivity index (χ0n) is 7.48. The van der Waals surface area contributed by atoms with Crippen LogP contribution in [0, 0.1) is 0 Å². The van der Waals surface area contributed by atoms with E-state index >= 15 is 0 Å². The van der Waals surface area contributed by atoms with Gasteiger partial charge in [0.05, 0.1) is 19.0 Å². The van der Waals surface area contributed by atoms with Crippen LogP contribution in [0.2, 0.25) is 0 Å². The third-order valence-electron chi connectivity index (χ3n) is 1.92. The molecule has 0 amide bonds. The molecular formula is C7H15NO4S. The van der Waals surface area contributed by atoms with Gasteiger partial charge in [-0.05, 0) is 6.42 Å². The molecule has 0 saturated carbocycles. The summed E-state index contributed by atoms with van der Waals surface area (Å²) in [4.78, 5) is 0. The van der Waals surface area contributed by atoms with Crippen LogP contribution in [0.25, 0.3) is 0 Å². The van der Waals surface area contributed by atoms with E-state index in [0.29, 0.717) is 32.7 Å². The molecule has 1 heterocycles. The zero-order chi connectivity index (χ0) is 9.73. The van der Waals surface area contributed by atoms with E-state index in [1.54, 1.807) is 0 Å². The summed E-state index contributed by atoms with van der Waals surface area (Å²) < 4.78 is 29.5. The smallest absolute Gasteiger partial charge is 0.214 e. The maximum Gasteiger partial charge on any atom is 0.214 e. The number of rotatable bonds is 4. The Kier molecular flexibility index (Phi) is 4.11. The van der Waals surface area contributed by atoms with Crippen molar-refractivity contribution in [2.24, 2.45) is 0 Å². The van der Waals surface area contributed by atoms with Gasteiger partial charge in [-0.15, -0.1) is 0 Å². The molecule has 1 aliphatic heterocycles. The Morgan fingerprint density at radius 1 is 1.31 bits per heavy atom. The summed E-state index contributed by atoms with van der Waals surface area (Å²) in [7, 11) is -3.15. The molecule has 1 saturated heterocycles. The molecule has 1 fully saturated rings. The van der Waals surface area contributed by atoms with Crippen molar-refractivity contribution in [2.75, 3.05) is 38.7 Å². The van der Waals surface area contributed by atoms with Gasteiger partial charge in [0.1, 0.15) is 0 Å². The zero-order valence-corrected chi connectivity index (χ0v) is 8.29. The van der Waals surface area contributed by atoms with Crippen LogP contribution in [0.5, 0.6) is 0 Å². The molecule has 6 heteroatoms. The molecule has 0 spiro atoms. The van der Waals surface area contributed by atoms with Gasteiger partial charge in [0.25, 0.3) is 0 Å². The number of aliphatic hydroxyl groups is 1. The number of hydrogen-bond donors (Lipinski definition) is 1. The highest BCUT2D eigenvalue weighted by Gasteiger charge is 2.23. The highest BCUT2D eigenvalue weighted by atomic mass is 32.2. The number of hydrogen-bond acceptors (Lipinski definition) is 4. The summed E-state index contributed by atoms with van der Waals surface area (Å²) in [5.74, 6) is 0.0312. The molecule has 0 bridgehead atoms. The molecule has 1 rings (SSSR count). The first-order valence-corrected chi connectivity index (χ1v) is 5.94. The molecule has 1 N–H and O–H groups in total. The molecular weight excluding hydrogens is 194 g/mol. The Balaban J connectivity index is 2.47. The number of sulfonamides is 1. The minimum absolute atomic E-state index is 0.0312. The fourth-order valence-corrected chi connectivity index (χ4v) is 2.66. The van der Waals surface area contributed by atoms with E-state index in [1.165, 1.54) is 4.31 Å². The van der Waals surface area contributed by atoms with Gasteiger partial charge in [-0.2, -0.15) is 4.31 Å². The Morgan fingerprint density at radius 3 is 2.46 bits per heavy atom. The van der Waals surface area contributed by atoms with Crippen molar-refractivity contribution in [1.29, 1.82) is 0 Å². The predicted molar refractivity (Wildman–Crippen MR) is 47.9 cm³/mol. The summed E-state index contributed by atoms with van der Waals surface area (Å²) in [6.07, 6.45) is 0.305. The number of nitrogens with zero attached hydrogens (tertiary/aromatic N) is 1. The van der Waals surface area contributed by atoms with Gasteiger partial charge < -0.3 is 9.84 Å². The Morgan fingerprint density at radius 2 is 1.92 bits per heavy atom. The summed E-state index contributed by atoms with van der Waals surface area (Å²) in [5.41, 5.74) is 0. The van der Waals surface area contributed by atoms with Crippen LogP contribution < -0.4 is 0 Å². The SMILES string of the molecule is O=S(=O)(CCCO)N1CCOCC1. The van der Waals surface area contributed by atoms with Gasteiger partial charge in [0.2, 0.25) is 10.0 Å². The first-order valence-electron chi connectivity index (χ1n) is 4.33. The molecule has 0 unspecified atom stereocenters. The maximum absolute atomic E-state index is 11.5. The monoisotopic (exact) mass is 209 g/mol. The van der Waals surface area contributed by atoms with Crippen LogP contribution in [0.15, 0.2) is 0 Å². The van der Waals surface area contributed by atoms with Crippen molar-refractivity contribution in [3.05, 3.63) is 0 Å². The normalized spacial score (nSPS) is 20.4. The third kappa shape index (κ3) is 3.22. The van der Waals surface area contributed by atoms with E-state index < -0.39 is 10.0 Å². The second-order valence-electron chi connectivity index (χ2n) is 2.90. The number of morpholine rings is 1. The predicted octanol–water partition coefficient (Wildman–Crippen LogP) is -0.969. The van der Waals surface area contributed by atoms with Gasteiger partial charge in [0.15, 0.2) is 0 Å². The van der Waals surface area contributed by atoms with E-state index in [0.717, 1.165) is 0 Å². The van der Waals surface area contributed by atoms with E-state index in [-0.39, 0.29) is 12.4 Å². The van der Waals surface area contributed by atoms with Crippen molar-refractivity contribution < 1.29 is 18.3 Å². The fourth-order valence-electron chi connectivity index (χ4n) is 1.20. The van der Waals surface area contributed by atoms with Crippen LogP contribution in [-0.2, 0) is 14.8 Å². The highest BCUT2D eigenvalue weighted by Crippen LogP contribution is 2.06. The minimum atomic E-state index is -3.15. The van der Waals surface area contributed by atoms with Gasteiger partial charge in [-0.1, -0.05) is 0 Å². The van der Waals surface area contributed by atoms with E-state index in [4.69, 9.17) is 9.84 Å². The van der Waals surface area contributed by atoms with Crippen LogP contribution in [0.3, 0.4) is 0 Å². The lowest BCUT2D eigenvalue weighted by molar-refractivity contribution is 0.0730. The van der Waals surface area contributed by atoms with Gasteiger partial charge in [0, 0.05) is 19.7 Å². The van der Waals surface area contributed by atoms with Crippen molar-refractivity contribution in [3.63, 3.8) is 0 Å².